The maximum atomic E-state index is 5.94. The van der Waals surface area contributed by atoms with Crippen molar-refractivity contribution in [3.63, 3.8) is 0 Å². The molecule has 152 valence electrons. The van der Waals surface area contributed by atoms with Gasteiger partial charge in [-0.1, -0.05) is 19.1 Å². The van der Waals surface area contributed by atoms with Crippen molar-refractivity contribution < 1.29 is 14.2 Å². The molecule has 1 aromatic carbocycles. The summed E-state index contributed by atoms with van der Waals surface area (Å²) in [6.07, 6.45) is 4.40. The molecule has 0 bridgehead atoms. The van der Waals surface area contributed by atoms with Crippen molar-refractivity contribution in [1.29, 1.82) is 0 Å². The van der Waals surface area contributed by atoms with Crippen LogP contribution in [0.15, 0.2) is 29.3 Å². The van der Waals surface area contributed by atoms with Gasteiger partial charge in [0.15, 0.2) is 5.96 Å². The molecular formula is C21H35N3O3. The monoisotopic (exact) mass is 377 g/mol. The van der Waals surface area contributed by atoms with E-state index in [1.54, 1.807) is 7.11 Å². The van der Waals surface area contributed by atoms with E-state index < -0.39 is 0 Å². The molecule has 27 heavy (non-hydrogen) atoms. The van der Waals surface area contributed by atoms with Gasteiger partial charge in [-0.25, -0.2) is 0 Å². The van der Waals surface area contributed by atoms with Crippen molar-refractivity contribution in [2.45, 2.75) is 45.3 Å². The number of nitrogens with one attached hydrogen (secondary N) is 1. The Morgan fingerprint density at radius 1 is 1.22 bits per heavy atom. The van der Waals surface area contributed by atoms with E-state index in [1.165, 1.54) is 5.56 Å². The predicted molar refractivity (Wildman–Crippen MR) is 109 cm³/mol. The molecule has 0 spiro atoms. The van der Waals surface area contributed by atoms with Gasteiger partial charge < -0.3 is 24.4 Å². The molecule has 1 fully saturated rings. The first-order valence-electron chi connectivity index (χ1n) is 10.0. The van der Waals surface area contributed by atoms with Crippen molar-refractivity contribution in [2.75, 3.05) is 47.1 Å². The van der Waals surface area contributed by atoms with E-state index in [9.17, 15) is 0 Å². The maximum Gasteiger partial charge on any atom is 0.193 e. The molecule has 6 heteroatoms. The Labute approximate surface area is 163 Å². The van der Waals surface area contributed by atoms with Crippen LogP contribution in [0.4, 0.5) is 0 Å². The molecule has 0 radical (unpaired) electrons. The number of rotatable bonds is 10. The molecule has 1 saturated heterocycles. The lowest BCUT2D eigenvalue weighted by Gasteiger charge is -2.34. The highest BCUT2D eigenvalue weighted by Gasteiger charge is 2.21. The van der Waals surface area contributed by atoms with Crippen LogP contribution >= 0.6 is 0 Å². The standard InChI is InChI=1S/C21H35N3O3/c1-4-13-26-20-8-5-7-18(16-20)17-23-21(22-2)24-11-9-19(10-12-24)27-15-6-14-25-3/h5,7-8,16,19H,4,6,9-15,17H2,1-3H3,(H,22,23). The summed E-state index contributed by atoms with van der Waals surface area (Å²) in [5.74, 6) is 1.88. The minimum atomic E-state index is 0.351. The van der Waals surface area contributed by atoms with E-state index in [0.29, 0.717) is 6.10 Å². The van der Waals surface area contributed by atoms with E-state index in [2.05, 4.69) is 34.3 Å². The van der Waals surface area contributed by atoms with E-state index in [4.69, 9.17) is 14.2 Å². The van der Waals surface area contributed by atoms with Crippen molar-refractivity contribution in [2.24, 2.45) is 4.99 Å². The molecule has 0 aliphatic carbocycles. The Balaban J connectivity index is 1.74. The average molecular weight is 378 g/mol. The van der Waals surface area contributed by atoms with Crippen LogP contribution in [0.2, 0.25) is 0 Å². The van der Waals surface area contributed by atoms with Crippen LogP contribution in [0.1, 0.15) is 38.2 Å². The summed E-state index contributed by atoms with van der Waals surface area (Å²) in [6, 6.07) is 8.25. The molecule has 1 aliphatic rings. The lowest BCUT2D eigenvalue weighted by Crippen LogP contribution is -2.46. The number of ether oxygens (including phenoxy) is 3. The van der Waals surface area contributed by atoms with Gasteiger partial charge in [-0.15, -0.1) is 0 Å². The van der Waals surface area contributed by atoms with Gasteiger partial charge in [0.2, 0.25) is 0 Å². The van der Waals surface area contributed by atoms with Crippen LogP contribution in [0.25, 0.3) is 0 Å². The van der Waals surface area contributed by atoms with Gasteiger partial charge >= 0.3 is 0 Å². The third kappa shape index (κ3) is 7.77. The van der Waals surface area contributed by atoms with Crippen molar-refractivity contribution in [3.8, 4) is 5.75 Å². The van der Waals surface area contributed by atoms with Crippen molar-refractivity contribution in [1.82, 2.24) is 10.2 Å². The summed E-state index contributed by atoms with van der Waals surface area (Å²) in [5.41, 5.74) is 1.20. The molecular weight excluding hydrogens is 342 g/mol. The van der Waals surface area contributed by atoms with Gasteiger partial charge in [-0.2, -0.15) is 0 Å². The molecule has 2 rings (SSSR count). The van der Waals surface area contributed by atoms with Gasteiger partial charge in [0.1, 0.15) is 5.75 Å². The maximum absolute atomic E-state index is 5.94. The molecule has 0 atom stereocenters. The van der Waals surface area contributed by atoms with Crippen LogP contribution in [-0.4, -0.2) is 64.0 Å². The first-order valence-corrected chi connectivity index (χ1v) is 10.0. The Morgan fingerprint density at radius 3 is 2.74 bits per heavy atom. The number of hydrogen-bond donors (Lipinski definition) is 1. The van der Waals surface area contributed by atoms with Crippen molar-refractivity contribution >= 4 is 5.96 Å². The smallest absolute Gasteiger partial charge is 0.193 e. The molecule has 6 nitrogen and oxygen atoms in total. The molecule has 0 amide bonds. The normalized spacial score (nSPS) is 15.8. The molecule has 1 N–H and O–H groups in total. The lowest BCUT2D eigenvalue weighted by atomic mass is 10.1. The number of benzene rings is 1. The molecule has 1 aromatic rings. The van der Waals surface area contributed by atoms with Crippen LogP contribution in [-0.2, 0) is 16.0 Å². The molecule has 0 saturated carbocycles. The van der Waals surface area contributed by atoms with Gasteiger partial charge in [0.25, 0.3) is 0 Å². The predicted octanol–water partition coefficient (Wildman–Crippen LogP) is 3.07. The minimum absolute atomic E-state index is 0.351. The van der Waals surface area contributed by atoms with Gasteiger partial charge in [-0.05, 0) is 43.4 Å². The third-order valence-corrected chi connectivity index (χ3v) is 4.62. The van der Waals surface area contributed by atoms with Crippen molar-refractivity contribution in [3.05, 3.63) is 29.8 Å². The summed E-state index contributed by atoms with van der Waals surface area (Å²) < 4.78 is 16.7. The molecule has 0 aromatic heterocycles. The Hall–Kier alpha value is -1.79. The second-order valence-corrected chi connectivity index (χ2v) is 6.80. The summed E-state index contributed by atoms with van der Waals surface area (Å²) in [6.45, 7) is 7.08. The molecule has 0 unspecified atom stereocenters. The zero-order valence-corrected chi connectivity index (χ0v) is 17.1. The lowest BCUT2D eigenvalue weighted by molar-refractivity contribution is 0.00989. The summed E-state index contributed by atoms with van der Waals surface area (Å²) in [7, 11) is 3.57. The van der Waals surface area contributed by atoms with Gasteiger partial charge in [0.05, 0.1) is 12.7 Å². The number of piperidine rings is 1. The number of nitrogens with zero attached hydrogens (tertiary/aromatic N) is 2. The van der Waals surface area contributed by atoms with E-state index in [-0.39, 0.29) is 0 Å². The van der Waals surface area contributed by atoms with E-state index in [0.717, 1.165) is 76.8 Å². The average Bonchev–Trinajstić information content (AvgIpc) is 2.71. The quantitative estimate of drug-likeness (QED) is 0.386. The Kier molecular flexibility index (Phi) is 10.0. The Bertz CT molecular complexity index is 557. The fourth-order valence-electron chi connectivity index (χ4n) is 3.17. The summed E-state index contributed by atoms with van der Waals surface area (Å²) in [4.78, 5) is 6.77. The summed E-state index contributed by atoms with van der Waals surface area (Å²) >= 11 is 0. The highest BCUT2D eigenvalue weighted by atomic mass is 16.5. The zero-order chi connectivity index (χ0) is 19.3. The van der Waals surface area contributed by atoms with E-state index >= 15 is 0 Å². The van der Waals surface area contributed by atoms with Crippen LogP contribution in [0.5, 0.6) is 5.75 Å². The first kappa shape index (κ1) is 21.5. The van der Waals surface area contributed by atoms with Gasteiger partial charge in [0, 0.05) is 47.0 Å². The number of hydrogen-bond acceptors (Lipinski definition) is 4. The van der Waals surface area contributed by atoms with Crippen LogP contribution in [0, 0.1) is 0 Å². The number of methoxy groups -OCH3 is 1. The fraction of sp³-hybridized carbons (Fsp3) is 0.667. The largest absolute Gasteiger partial charge is 0.494 e. The third-order valence-electron chi connectivity index (χ3n) is 4.62. The summed E-state index contributed by atoms with van der Waals surface area (Å²) in [5, 5.41) is 3.48. The second-order valence-electron chi connectivity index (χ2n) is 6.80. The highest BCUT2D eigenvalue weighted by Crippen LogP contribution is 2.16. The fourth-order valence-corrected chi connectivity index (χ4v) is 3.17. The number of likely N-dealkylation sites (tertiary alicyclic amines) is 1. The second kappa shape index (κ2) is 12.6. The first-order chi connectivity index (χ1) is 13.3. The van der Waals surface area contributed by atoms with Crippen LogP contribution < -0.4 is 10.1 Å². The number of aliphatic imine (C=N–C) groups is 1. The number of guanidine groups is 1. The SMILES string of the molecule is CCCOc1cccc(CNC(=NC)N2CCC(OCCCOC)CC2)c1. The minimum Gasteiger partial charge on any atom is -0.494 e. The Morgan fingerprint density at radius 2 is 2.04 bits per heavy atom. The van der Waals surface area contributed by atoms with E-state index in [1.807, 2.05) is 19.2 Å². The van der Waals surface area contributed by atoms with Gasteiger partial charge in [-0.3, -0.25) is 4.99 Å². The molecule has 1 heterocycles. The highest BCUT2D eigenvalue weighted by molar-refractivity contribution is 5.80. The zero-order valence-electron chi connectivity index (χ0n) is 17.1. The topological polar surface area (TPSA) is 55.3 Å². The molecule has 1 aliphatic heterocycles. The van der Waals surface area contributed by atoms with Crippen LogP contribution in [0.3, 0.4) is 0 Å².